The van der Waals surface area contributed by atoms with Crippen molar-refractivity contribution in [2.45, 2.75) is 247 Å². The maximum atomic E-state index is 6.18. The van der Waals surface area contributed by atoms with Crippen molar-refractivity contribution in [3.8, 4) is 0 Å². The topological polar surface area (TPSA) is 21.7 Å². The number of nitrogens with zero attached hydrogens (tertiary/aromatic N) is 1. The molecule has 3 nitrogen and oxygen atoms in total. The van der Waals surface area contributed by atoms with Crippen LogP contribution in [0.15, 0.2) is 23.8 Å². The van der Waals surface area contributed by atoms with Gasteiger partial charge in [-0.2, -0.15) is 0 Å². The van der Waals surface area contributed by atoms with Crippen molar-refractivity contribution in [3.05, 3.63) is 23.8 Å². The zero-order chi connectivity index (χ0) is 43.1. The molecule has 4 aliphatic rings. The van der Waals surface area contributed by atoms with Crippen LogP contribution in [0.5, 0.6) is 0 Å². The third kappa shape index (κ3) is 17.1. The van der Waals surface area contributed by atoms with Gasteiger partial charge in [0.1, 0.15) is 0 Å². The fourth-order valence-corrected chi connectivity index (χ4v) is 13.4. The first-order chi connectivity index (χ1) is 29.1. The zero-order valence-electron chi connectivity index (χ0n) is 41.9. The second-order valence-electron chi connectivity index (χ2n) is 22.7. The normalized spacial score (nSPS) is 28.9. The molecule has 0 radical (unpaired) electrons. The summed E-state index contributed by atoms with van der Waals surface area (Å²) in [5.74, 6) is 6.59. The highest BCUT2D eigenvalue weighted by molar-refractivity contribution is 5.25. The van der Waals surface area contributed by atoms with Gasteiger partial charge < -0.3 is 14.4 Å². The number of hydrogen-bond donors (Lipinski definition) is 0. The number of allylic oxidation sites excluding steroid dienone is 4. The molecule has 0 aliphatic heterocycles. The van der Waals surface area contributed by atoms with E-state index in [4.69, 9.17) is 9.47 Å². The Labute approximate surface area is 376 Å². The summed E-state index contributed by atoms with van der Waals surface area (Å²) >= 11 is 0. The van der Waals surface area contributed by atoms with Gasteiger partial charge in [0.15, 0.2) is 0 Å². The fourth-order valence-electron chi connectivity index (χ4n) is 13.4. The summed E-state index contributed by atoms with van der Waals surface area (Å²) in [6.45, 7) is 18.6. The molecule has 4 rings (SSSR count). The molecule has 0 heterocycles. The van der Waals surface area contributed by atoms with Crippen molar-refractivity contribution in [1.82, 2.24) is 4.90 Å². The standard InChI is InChI=1S/C57H105NO2/c1-9-10-11-12-13-14-15-16-17-18-19-20-21-22-25-28-42-59-45-51(58(7)8)46-60-43-29-26-23-24-27-33-49-38-40-56(5)50(44-49)34-35-52-54-37-36-53(48(4)32-30-31-47(2)3)57(54,6)41-39-55(52)56/h16-17,34,47-49,51-55H,9-15,18-33,35-46H2,1-8H3/b17-16-/t48?,49-,51-,52?,53?,54?,55?,56-,57+/m0/s1. The van der Waals surface area contributed by atoms with Crippen LogP contribution in [0.25, 0.3) is 0 Å². The van der Waals surface area contributed by atoms with E-state index >= 15 is 0 Å². The van der Waals surface area contributed by atoms with Gasteiger partial charge in [-0.25, -0.2) is 0 Å². The van der Waals surface area contributed by atoms with Gasteiger partial charge in [-0.1, -0.05) is 174 Å². The van der Waals surface area contributed by atoms with Gasteiger partial charge in [0.25, 0.3) is 0 Å². The zero-order valence-corrected chi connectivity index (χ0v) is 41.9. The Hall–Kier alpha value is -0.640. The summed E-state index contributed by atoms with van der Waals surface area (Å²) in [5, 5.41) is 0. The van der Waals surface area contributed by atoms with Crippen LogP contribution < -0.4 is 0 Å². The Balaban J connectivity index is 0.976. The number of unbranched alkanes of at least 4 members (excludes halogenated alkanes) is 16. The predicted molar refractivity (Wildman–Crippen MR) is 263 cm³/mol. The molecule has 3 saturated carbocycles. The first-order valence-electron chi connectivity index (χ1n) is 27.3. The molecule has 0 aromatic rings. The van der Waals surface area contributed by atoms with Crippen molar-refractivity contribution in [3.63, 3.8) is 0 Å². The van der Waals surface area contributed by atoms with Gasteiger partial charge in [0, 0.05) is 13.2 Å². The number of likely N-dealkylation sites (N-methyl/N-ethyl adjacent to an activating group) is 1. The number of ether oxygens (including phenoxy) is 2. The third-order valence-corrected chi connectivity index (χ3v) is 17.5. The lowest BCUT2D eigenvalue weighted by Crippen LogP contribution is -2.50. The molecule has 350 valence electrons. The number of rotatable bonds is 34. The quantitative estimate of drug-likeness (QED) is 0.0476. The minimum Gasteiger partial charge on any atom is -0.380 e. The first kappa shape index (κ1) is 52.0. The molecule has 0 N–H and O–H groups in total. The summed E-state index contributed by atoms with van der Waals surface area (Å²) in [6, 6.07) is 0.355. The van der Waals surface area contributed by atoms with Crippen molar-refractivity contribution in [1.29, 1.82) is 0 Å². The minimum atomic E-state index is 0.355. The summed E-state index contributed by atoms with van der Waals surface area (Å²) < 4.78 is 12.3. The van der Waals surface area contributed by atoms with Crippen LogP contribution in [0.4, 0.5) is 0 Å². The Morgan fingerprint density at radius 1 is 0.667 bits per heavy atom. The van der Waals surface area contributed by atoms with E-state index in [9.17, 15) is 0 Å². The molecule has 5 unspecified atom stereocenters. The highest BCUT2D eigenvalue weighted by Crippen LogP contribution is 2.67. The maximum absolute atomic E-state index is 6.18. The molecule has 3 heteroatoms. The fraction of sp³-hybridized carbons (Fsp3) is 0.930. The number of hydrogen-bond acceptors (Lipinski definition) is 3. The monoisotopic (exact) mass is 836 g/mol. The minimum absolute atomic E-state index is 0.355. The van der Waals surface area contributed by atoms with Crippen molar-refractivity contribution in [2.24, 2.45) is 52.3 Å². The Bertz CT molecular complexity index is 1160. The second-order valence-corrected chi connectivity index (χ2v) is 22.7. The van der Waals surface area contributed by atoms with Crippen molar-refractivity contribution >= 4 is 0 Å². The summed E-state index contributed by atoms with van der Waals surface area (Å²) in [4.78, 5) is 2.28. The predicted octanol–water partition coefficient (Wildman–Crippen LogP) is 17.0. The Morgan fingerprint density at radius 2 is 1.27 bits per heavy atom. The molecule has 60 heavy (non-hydrogen) atoms. The molecule has 4 aliphatic carbocycles. The van der Waals surface area contributed by atoms with E-state index in [0.717, 1.165) is 67.9 Å². The van der Waals surface area contributed by atoms with E-state index in [1.165, 1.54) is 199 Å². The molecule has 0 saturated heterocycles. The van der Waals surface area contributed by atoms with Crippen LogP contribution >= 0.6 is 0 Å². The largest absolute Gasteiger partial charge is 0.380 e. The van der Waals surface area contributed by atoms with Gasteiger partial charge in [-0.05, 0) is 156 Å². The van der Waals surface area contributed by atoms with Crippen LogP contribution in [0.1, 0.15) is 241 Å². The average Bonchev–Trinajstić information content (AvgIpc) is 3.59. The van der Waals surface area contributed by atoms with Gasteiger partial charge in [-0.3, -0.25) is 0 Å². The van der Waals surface area contributed by atoms with Crippen LogP contribution in [0.2, 0.25) is 0 Å². The lowest BCUT2D eigenvalue weighted by Gasteiger charge is -2.58. The SMILES string of the molecule is CCCCCCCC/C=C\CCCCCCCCOC[C@@H](COCCCCCCC[C@H]1CC[C@@]2(C)C(=CCC3C4CCC(C(C)CCCC(C)C)[C@@]4(C)CCC32)C1)N(C)C. The van der Waals surface area contributed by atoms with Crippen LogP contribution in [0.3, 0.4) is 0 Å². The van der Waals surface area contributed by atoms with Crippen molar-refractivity contribution < 1.29 is 9.47 Å². The summed E-state index contributed by atoms with van der Waals surface area (Å²) in [7, 11) is 4.34. The summed E-state index contributed by atoms with van der Waals surface area (Å²) in [6.07, 6.45) is 50.9. The van der Waals surface area contributed by atoms with E-state index in [-0.39, 0.29) is 0 Å². The van der Waals surface area contributed by atoms with Crippen LogP contribution in [0, 0.1) is 52.3 Å². The third-order valence-electron chi connectivity index (χ3n) is 17.5. The van der Waals surface area contributed by atoms with Crippen LogP contribution in [-0.4, -0.2) is 51.5 Å². The molecule has 9 atom stereocenters. The van der Waals surface area contributed by atoms with Gasteiger partial charge in [0.05, 0.1) is 19.3 Å². The molecule has 0 aromatic heterocycles. The molecule has 0 bridgehead atoms. The van der Waals surface area contributed by atoms with E-state index in [0.29, 0.717) is 16.9 Å². The molecule has 0 aromatic carbocycles. The van der Waals surface area contributed by atoms with E-state index < -0.39 is 0 Å². The summed E-state index contributed by atoms with van der Waals surface area (Å²) in [5.41, 5.74) is 3.01. The van der Waals surface area contributed by atoms with E-state index in [2.05, 4.69) is 78.8 Å². The van der Waals surface area contributed by atoms with Gasteiger partial charge >= 0.3 is 0 Å². The molecular formula is C57H105NO2. The smallest absolute Gasteiger partial charge is 0.0644 e. The second kappa shape index (κ2) is 29.0. The lowest BCUT2D eigenvalue weighted by atomic mass is 9.46. The molecular weight excluding hydrogens is 731 g/mol. The highest BCUT2D eigenvalue weighted by Gasteiger charge is 2.59. The molecule has 3 fully saturated rings. The highest BCUT2D eigenvalue weighted by atomic mass is 16.5. The molecule has 0 spiro atoms. The average molecular weight is 836 g/mol. The van der Waals surface area contributed by atoms with Crippen molar-refractivity contribution in [2.75, 3.05) is 40.5 Å². The van der Waals surface area contributed by atoms with Gasteiger partial charge in [-0.15, -0.1) is 0 Å². The maximum Gasteiger partial charge on any atom is 0.0644 e. The Morgan fingerprint density at radius 3 is 1.88 bits per heavy atom. The Kier molecular flexibility index (Phi) is 25.1. The number of fused-ring (bicyclic) bond motifs is 5. The van der Waals surface area contributed by atoms with Gasteiger partial charge in [0.2, 0.25) is 0 Å². The van der Waals surface area contributed by atoms with Crippen LogP contribution in [-0.2, 0) is 9.47 Å². The van der Waals surface area contributed by atoms with E-state index in [1.807, 2.05) is 5.57 Å². The lowest BCUT2D eigenvalue weighted by molar-refractivity contribution is -0.0529. The van der Waals surface area contributed by atoms with E-state index in [1.54, 1.807) is 0 Å². The first-order valence-corrected chi connectivity index (χ1v) is 27.3. The molecule has 0 amide bonds.